The zero-order valence-electron chi connectivity index (χ0n) is 16.3. The lowest BCUT2D eigenvalue weighted by Crippen LogP contribution is -2.43. The molecule has 7 heteroatoms. The standard InChI is InChI=1S/C22H22N4O3/c1-16-10-17(2)12-20(11-16)29-15-22(28)25-24-21(27)9-8-18-13-23-26(14-18)19-6-4-3-5-7-19/h3-14H,15H2,1-2H3,(H,24,27)(H,25,28)/b9-8+. The molecule has 0 aliphatic carbocycles. The van der Waals surface area contributed by atoms with Crippen molar-refractivity contribution in [2.45, 2.75) is 13.8 Å². The molecule has 148 valence electrons. The van der Waals surface area contributed by atoms with Gasteiger partial charge in [0, 0.05) is 17.8 Å². The molecular formula is C22H22N4O3. The number of amides is 2. The molecule has 1 aromatic heterocycles. The van der Waals surface area contributed by atoms with E-state index in [1.165, 1.54) is 6.08 Å². The molecule has 1 heterocycles. The van der Waals surface area contributed by atoms with Crippen molar-refractivity contribution in [3.05, 3.63) is 83.7 Å². The molecule has 0 atom stereocenters. The number of nitrogens with one attached hydrogen (secondary N) is 2. The summed E-state index contributed by atoms with van der Waals surface area (Å²) in [6, 6.07) is 15.3. The zero-order chi connectivity index (χ0) is 20.6. The minimum atomic E-state index is -0.461. The Morgan fingerprint density at radius 3 is 2.52 bits per heavy atom. The van der Waals surface area contributed by atoms with Gasteiger partial charge in [0.1, 0.15) is 5.75 Å². The summed E-state index contributed by atoms with van der Waals surface area (Å²) in [6.07, 6.45) is 6.37. The SMILES string of the molecule is Cc1cc(C)cc(OCC(=O)NNC(=O)/C=C/c2cnn(-c3ccccc3)c2)c1. The summed E-state index contributed by atoms with van der Waals surface area (Å²) in [5.74, 6) is -0.306. The number of carbonyl (C=O) groups excluding carboxylic acids is 2. The van der Waals surface area contributed by atoms with Gasteiger partial charge in [-0.15, -0.1) is 0 Å². The summed E-state index contributed by atoms with van der Waals surface area (Å²) >= 11 is 0. The fourth-order valence-corrected chi connectivity index (χ4v) is 2.69. The molecule has 29 heavy (non-hydrogen) atoms. The van der Waals surface area contributed by atoms with Crippen LogP contribution in [0.5, 0.6) is 5.75 Å². The molecule has 0 saturated carbocycles. The van der Waals surface area contributed by atoms with Crippen LogP contribution in [0.2, 0.25) is 0 Å². The third kappa shape index (κ3) is 6.07. The summed E-state index contributed by atoms with van der Waals surface area (Å²) in [5, 5.41) is 4.25. The highest BCUT2D eigenvalue weighted by atomic mass is 16.5. The number of hydrazine groups is 1. The maximum absolute atomic E-state index is 11.9. The number of aromatic nitrogens is 2. The van der Waals surface area contributed by atoms with Gasteiger partial charge < -0.3 is 4.74 Å². The molecule has 0 saturated heterocycles. The maximum atomic E-state index is 11.9. The lowest BCUT2D eigenvalue weighted by atomic mass is 10.1. The van der Waals surface area contributed by atoms with Crippen molar-refractivity contribution in [3.63, 3.8) is 0 Å². The van der Waals surface area contributed by atoms with Crippen molar-refractivity contribution < 1.29 is 14.3 Å². The quantitative estimate of drug-likeness (QED) is 0.501. The number of benzene rings is 2. The average molecular weight is 390 g/mol. The van der Waals surface area contributed by atoms with Crippen LogP contribution < -0.4 is 15.6 Å². The van der Waals surface area contributed by atoms with Gasteiger partial charge in [0.15, 0.2) is 6.61 Å². The Labute approximate surface area is 169 Å². The van der Waals surface area contributed by atoms with Crippen LogP contribution in [-0.2, 0) is 9.59 Å². The number of carbonyl (C=O) groups is 2. The van der Waals surface area contributed by atoms with Crippen molar-refractivity contribution in [2.24, 2.45) is 0 Å². The first kappa shape index (κ1) is 19.9. The van der Waals surface area contributed by atoms with Crippen molar-refractivity contribution in [3.8, 4) is 11.4 Å². The van der Waals surface area contributed by atoms with Crippen LogP contribution in [-0.4, -0.2) is 28.2 Å². The summed E-state index contributed by atoms with van der Waals surface area (Å²) in [6.45, 7) is 3.71. The van der Waals surface area contributed by atoms with Crippen LogP contribution in [0.15, 0.2) is 67.0 Å². The number of nitrogens with zero attached hydrogens (tertiary/aromatic N) is 2. The number of hydrogen-bond donors (Lipinski definition) is 2. The van der Waals surface area contributed by atoms with Crippen LogP contribution in [0, 0.1) is 13.8 Å². The third-order valence-corrected chi connectivity index (χ3v) is 3.94. The highest BCUT2D eigenvalue weighted by Gasteiger charge is 2.05. The molecule has 0 radical (unpaired) electrons. The van der Waals surface area contributed by atoms with Gasteiger partial charge in [0.05, 0.1) is 11.9 Å². The van der Waals surface area contributed by atoms with Crippen LogP contribution >= 0.6 is 0 Å². The average Bonchev–Trinajstić information content (AvgIpc) is 3.18. The predicted molar refractivity (Wildman–Crippen MR) is 110 cm³/mol. The van der Waals surface area contributed by atoms with E-state index in [2.05, 4.69) is 16.0 Å². The van der Waals surface area contributed by atoms with Gasteiger partial charge in [-0.05, 0) is 55.3 Å². The lowest BCUT2D eigenvalue weighted by Gasteiger charge is -2.09. The molecule has 3 aromatic rings. The summed E-state index contributed by atoms with van der Waals surface area (Å²) < 4.78 is 7.16. The number of hydrogen-bond acceptors (Lipinski definition) is 4. The van der Waals surface area contributed by atoms with Gasteiger partial charge in [-0.1, -0.05) is 24.3 Å². The second-order valence-electron chi connectivity index (χ2n) is 6.54. The molecule has 0 bridgehead atoms. The van der Waals surface area contributed by atoms with Crippen LogP contribution in [0.25, 0.3) is 11.8 Å². The van der Waals surface area contributed by atoms with E-state index in [-0.39, 0.29) is 6.61 Å². The van der Waals surface area contributed by atoms with E-state index in [1.54, 1.807) is 23.2 Å². The number of ether oxygens (including phenoxy) is 1. The van der Waals surface area contributed by atoms with Crippen LogP contribution in [0.4, 0.5) is 0 Å². The second kappa shape index (κ2) is 9.36. The summed E-state index contributed by atoms with van der Waals surface area (Å²) in [7, 11) is 0. The number of para-hydroxylation sites is 1. The van der Waals surface area contributed by atoms with E-state index in [1.807, 2.05) is 62.4 Å². The Hall–Kier alpha value is -3.87. The molecule has 0 aliphatic rings. The molecule has 0 spiro atoms. The number of aryl methyl sites for hydroxylation is 2. The van der Waals surface area contributed by atoms with Gasteiger partial charge in [0.25, 0.3) is 11.8 Å². The first-order chi connectivity index (χ1) is 14.0. The van der Waals surface area contributed by atoms with Gasteiger partial charge in [0.2, 0.25) is 0 Å². The smallest absolute Gasteiger partial charge is 0.276 e. The van der Waals surface area contributed by atoms with E-state index in [0.29, 0.717) is 5.75 Å². The lowest BCUT2D eigenvalue weighted by molar-refractivity contribution is -0.128. The Balaban J connectivity index is 1.44. The van der Waals surface area contributed by atoms with Crippen LogP contribution in [0.3, 0.4) is 0 Å². The first-order valence-electron chi connectivity index (χ1n) is 9.08. The number of rotatable bonds is 6. The van der Waals surface area contributed by atoms with E-state index in [4.69, 9.17) is 4.74 Å². The molecule has 2 aromatic carbocycles. The third-order valence-electron chi connectivity index (χ3n) is 3.94. The van der Waals surface area contributed by atoms with E-state index in [0.717, 1.165) is 22.4 Å². The molecule has 3 rings (SSSR count). The fourth-order valence-electron chi connectivity index (χ4n) is 2.69. The highest BCUT2D eigenvalue weighted by molar-refractivity contribution is 5.93. The maximum Gasteiger partial charge on any atom is 0.276 e. The highest BCUT2D eigenvalue weighted by Crippen LogP contribution is 2.15. The van der Waals surface area contributed by atoms with Crippen LogP contribution in [0.1, 0.15) is 16.7 Å². The fraction of sp³-hybridized carbons (Fsp3) is 0.136. The summed E-state index contributed by atoms with van der Waals surface area (Å²) in [4.78, 5) is 23.7. The van der Waals surface area contributed by atoms with Crippen molar-refractivity contribution in [1.29, 1.82) is 0 Å². The Kier molecular flexibility index (Phi) is 6.42. The topological polar surface area (TPSA) is 85.2 Å². The molecule has 0 aliphatic heterocycles. The molecule has 7 nitrogen and oxygen atoms in total. The van der Waals surface area contributed by atoms with Gasteiger partial charge in [-0.25, -0.2) is 4.68 Å². The van der Waals surface area contributed by atoms with Crippen molar-refractivity contribution >= 4 is 17.9 Å². The predicted octanol–water partition coefficient (Wildman–Crippen LogP) is 2.73. The Bertz CT molecular complexity index is 1010. The van der Waals surface area contributed by atoms with Crippen molar-refractivity contribution in [1.82, 2.24) is 20.6 Å². The molecule has 0 unspecified atom stereocenters. The van der Waals surface area contributed by atoms with Gasteiger partial charge in [-0.3, -0.25) is 20.4 Å². The second-order valence-corrected chi connectivity index (χ2v) is 6.54. The monoisotopic (exact) mass is 390 g/mol. The largest absolute Gasteiger partial charge is 0.484 e. The van der Waals surface area contributed by atoms with E-state index >= 15 is 0 Å². The van der Waals surface area contributed by atoms with Gasteiger partial charge in [-0.2, -0.15) is 5.10 Å². The Morgan fingerprint density at radius 1 is 1.07 bits per heavy atom. The molecular weight excluding hydrogens is 368 g/mol. The van der Waals surface area contributed by atoms with E-state index < -0.39 is 11.8 Å². The Morgan fingerprint density at radius 2 is 1.79 bits per heavy atom. The van der Waals surface area contributed by atoms with Crippen molar-refractivity contribution in [2.75, 3.05) is 6.61 Å². The minimum Gasteiger partial charge on any atom is -0.484 e. The molecule has 2 N–H and O–H groups in total. The van der Waals surface area contributed by atoms with E-state index in [9.17, 15) is 9.59 Å². The molecule has 0 fully saturated rings. The normalized spacial score (nSPS) is 10.7. The first-order valence-corrected chi connectivity index (χ1v) is 9.08. The molecule has 2 amide bonds. The summed E-state index contributed by atoms with van der Waals surface area (Å²) in [5.41, 5.74) is 8.41. The zero-order valence-corrected chi connectivity index (χ0v) is 16.3. The van der Waals surface area contributed by atoms with Gasteiger partial charge >= 0.3 is 0 Å². The minimum absolute atomic E-state index is 0.198.